The van der Waals surface area contributed by atoms with Crippen molar-refractivity contribution in [3.8, 4) is 11.6 Å². The number of hydrogen-bond acceptors (Lipinski definition) is 6. The van der Waals surface area contributed by atoms with Crippen LogP contribution in [0.1, 0.15) is 0 Å². The van der Waals surface area contributed by atoms with Crippen molar-refractivity contribution in [2.75, 3.05) is 5.73 Å². The third-order valence-electron chi connectivity index (χ3n) is 2.19. The lowest BCUT2D eigenvalue weighted by Crippen LogP contribution is -1.99. The second kappa shape index (κ2) is 5.67. The first-order valence-corrected chi connectivity index (χ1v) is 6.56. The maximum atomic E-state index is 13.5. The molecule has 2 N–H and O–H groups in total. The smallest absolute Gasteiger partial charge is 0.312 e. The van der Waals surface area contributed by atoms with Crippen molar-refractivity contribution in [3.63, 3.8) is 0 Å². The highest BCUT2D eigenvalue weighted by Gasteiger charge is 2.21. The number of anilines is 1. The van der Waals surface area contributed by atoms with E-state index >= 15 is 0 Å². The Balaban J connectivity index is 2.50. The van der Waals surface area contributed by atoms with E-state index in [0.717, 1.165) is 18.5 Å². The molecule has 0 aliphatic carbocycles. The van der Waals surface area contributed by atoms with Gasteiger partial charge in [0.05, 0.1) is 9.40 Å². The first kappa shape index (κ1) is 14.6. The molecule has 0 unspecified atom stereocenters. The summed E-state index contributed by atoms with van der Waals surface area (Å²) in [5, 5.41) is 10.9. The highest BCUT2D eigenvalue weighted by Crippen LogP contribution is 2.37. The van der Waals surface area contributed by atoms with Crippen LogP contribution in [0.2, 0.25) is 0 Å². The summed E-state index contributed by atoms with van der Waals surface area (Å²) in [6, 6.07) is 1.88. The van der Waals surface area contributed by atoms with Gasteiger partial charge in [-0.15, -0.1) is 0 Å². The highest BCUT2D eigenvalue weighted by atomic mass is 79.9. The third kappa shape index (κ3) is 2.85. The van der Waals surface area contributed by atoms with Crippen LogP contribution < -0.4 is 10.5 Å². The standard InChI is InChI=1S/C10H5Br2FN4O3/c11-4-1-6(17(18)19)7(2-5(4)13)20-10-8(12)9(14)15-3-16-10/h1-3H,(H2,14,15,16). The van der Waals surface area contributed by atoms with Crippen LogP contribution in [0.15, 0.2) is 27.4 Å². The lowest BCUT2D eigenvalue weighted by atomic mass is 10.3. The van der Waals surface area contributed by atoms with E-state index in [2.05, 4.69) is 41.8 Å². The summed E-state index contributed by atoms with van der Waals surface area (Å²) < 4.78 is 18.9. The number of rotatable bonds is 3. The number of nitro benzene ring substituents is 1. The Morgan fingerprint density at radius 3 is 2.70 bits per heavy atom. The molecule has 0 spiro atoms. The van der Waals surface area contributed by atoms with Crippen LogP contribution in [0.5, 0.6) is 11.6 Å². The van der Waals surface area contributed by atoms with Crippen molar-refractivity contribution in [2.24, 2.45) is 0 Å². The number of nitrogens with zero attached hydrogens (tertiary/aromatic N) is 3. The molecule has 0 aliphatic rings. The van der Waals surface area contributed by atoms with E-state index in [0.29, 0.717) is 0 Å². The van der Waals surface area contributed by atoms with Gasteiger partial charge >= 0.3 is 5.69 Å². The molecule has 20 heavy (non-hydrogen) atoms. The summed E-state index contributed by atoms with van der Waals surface area (Å²) in [4.78, 5) is 17.7. The number of nitro groups is 1. The third-order valence-corrected chi connectivity index (χ3v) is 3.54. The monoisotopic (exact) mass is 406 g/mol. The molecule has 10 heteroatoms. The van der Waals surface area contributed by atoms with E-state index in [1.165, 1.54) is 0 Å². The summed E-state index contributed by atoms with van der Waals surface area (Å²) in [5.41, 5.74) is 5.12. The maximum absolute atomic E-state index is 13.5. The molecule has 104 valence electrons. The van der Waals surface area contributed by atoms with Crippen LogP contribution in [0.3, 0.4) is 0 Å². The zero-order valence-electron chi connectivity index (χ0n) is 9.51. The van der Waals surface area contributed by atoms with E-state index in [4.69, 9.17) is 10.5 Å². The second-order valence-corrected chi connectivity index (χ2v) is 5.12. The lowest BCUT2D eigenvalue weighted by Gasteiger charge is -2.08. The molecule has 1 aromatic heterocycles. The molecule has 2 rings (SSSR count). The van der Waals surface area contributed by atoms with Crippen LogP contribution in [0, 0.1) is 15.9 Å². The fourth-order valence-corrected chi connectivity index (χ4v) is 1.90. The lowest BCUT2D eigenvalue weighted by molar-refractivity contribution is -0.385. The van der Waals surface area contributed by atoms with Gasteiger partial charge in [-0.1, -0.05) is 0 Å². The van der Waals surface area contributed by atoms with Crippen molar-refractivity contribution in [3.05, 3.63) is 43.3 Å². The van der Waals surface area contributed by atoms with Gasteiger partial charge in [-0.05, 0) is 31.9 Å². The first-order chi connectivity index (χ1) is 9.40. The van der Waals surface area contributed by atoms with Crippen LogP contribution >= 0.6 is 31.9 Å². The predicted octanol–water partition coefficient (Wildman–Crippen LogP) is 3.42. The molecule has 0 fully saturated rings. The average Bonchev–Trinajstić information content (AvgIpc) is 2.38. The summed E-state index contributed by atoms with van der Waals surface area (Å²) in [7, 11) is 0. The van der Waals surface area contributed by atoms with Gasteiger partial charge in [0, 0.05) is 12.1 Å². The molecule has 0 radical (unpaired) electrons. The molecule has 0 aliphatic heterocycles. The number of hydrogen-bond donors (Lipinski definition) is 1. The highest BCUT2D eigenvalue weighted by molar-refractivity contribution is 9.11. The minimum Gasteiger partial charge on any atom is -0.430 e. The number of nitrogens with two attached hydrogens (primary N) is 1. The van der Waals surface area contributed by atoms with Gasteiger partial charge in [0.15, 0.2) is 0 Å². The molecular formula is C10H5Br2FN4O3. The van der Waals surface area contributed by atoms with Crippen molar-refractivity contribution in [1.29, 1.82) is 0 Å². The fourth-order valence-electron chi connectivity index (χ4n) is 1.28. The Kier molecular flexibility index (Phi) is 4.14. The van der Waals surface area contributed by atoms with Gasteiger partial charge in [-0.25, -0.2) is 14.4 Å². The normalized spacial score (nSPS) is 10.3. The molecule has 0 atom stereocenters. The molecule has 0 saturated heterocycles. The summed E-state index contributed by atoms with van der Waals surface area (Å²) in [6.45, 7) is 0. The van der Waals surface area contributed by atoms with E-state index in [-0.39, 0.29) is 26.4 Å². The van der Waals surface area contributed by atoms with Gasteiger partial charge in [0.1, 0.15) is 22.4 Å². The number of benzene rings is 1. The van der Waals surface area contributed by atoms with Crippen molar-refractivity contribution in [1.82, 2.24) is 9.97 Å². The Morgan fingerprint density at radius 1 is 1.35 bits per heavy atom. The number of halogens is 3. The van der Waals surface area contributed by atoms with Crippen LogP contribution in [0.4, 0.5) is 15.9 Å². The molecule has 0 amide bonds. The zero-order chi connectivity index (χ0) is 14.9. The largest absolute Gasteiger partial charge is 0.430 e. The van der Waals surface area contributed by atoms with Gasteiger partial charge < -0.3 is 10.5 Å². The average molecular weight is 408 g/mol. The number of nitrogen functional groups attached to an aromatic ring is 1. The molecule has 0 bridgehead atoms. The zero-order valence-corrected chi connectivity index (χ0v) is 12.7. The molecule has 1 heterocycles. The Morgan fingerprint density at radius 2 is 2.05 bits per heavy atom. The Bertz CT molecular complexity index is 698. The molecule has 0 saturated carbocycles. The summed E-state index contributed by atoms with van der Waals surface area (Å²) in [5.74, 6) is -0.962. The SMILES string of the molecule is Nc1ncnc(Oc2cc(F)c(Br)cc2[N+](=O)[O-])c1Br. The number of aromatic nitrogens is 2. The summed E-state index contributed by atoms with van der Waals surface area (Å²) >= 11 is 5.95. The molecule has 1 aromatic carbocycles. The van der Waals surface area contributed by atoms with E-state index < -0.39 is 16.4 Å². The van der Waals surface area contributed by atoms with E-state index in [1.807, 2.05) is 0 Å². The molecular weight excluding hydrogens is 403 g/mol. The minimum absolute atomic E-state index is 0.0437. The van der Waals surface area contributed by atoms with Gasteiger partial charge in [-0.2, -0.15) is 0 Å². The van der Waals surface area contributed by atoms with Gasteiger partial charge in [0.25, 0.3) is 0 Å². The second-order valence-electron chi connectivity index (χ2n) is 3.47. The first-order valence-electron chi connectivity index (χ1n) is 4.97. The molecule has 7 nitrogen and oxygen atoms in total. The fraction of sp³-hybridized carbons (Fsp3) is 0. The summed E-state index contributed by atoms with van der Waals surface area (Å²) in [6.07, 6.45) is 1.12. The van der Waals surface area contributed by atoms with Crippen LogP contribution in [-0.4, -0.2) is 14.9 Å². The predicted molar refractivity (Wildman–Crippen MR) is 75.0 cm³/mol. The van der Waals surface area contributed by atoms with Crippen LogP contribution in [0.25, 0.3) is 0 Å². The maximum Gasteiger partial charge on any atom is 0.312 e. The van der Waals surface area contributed by atoms with Crippen molar-refractivity contribution < 1.29 is 14.1 Å². The minimum atomic E-state index is -0.705. The van der Waals surface area contributed by atoms with Gasteiger partial charge in [0.2, 0.25) is 11.6 Å². The topological polar surface area (TPSA) is 104 Å². The van der Waals surface area contributed by atoms with E-state index in [1.54, 1.807) is 0 Å². The Labute approximate surface area is 128 Å². The van der Waals surface area contributed by atoms with Crippen molar-refractivity contribution in [2.45, 2.75) is 0 Å². The van der Waals surface area contributed by atoms with Gasteiger partial charge in [-0.3, -0.25) is 10.1 Å². The van der Waals surface area contributed by atoms with Crippen LogP contribution in [-0.2, 0) is 0 Å². The Hall–Kier alpha value is -1.81. The molecule has 2 aromatic rings. The quantitative estimate of drug-likeness (QED) is 0.617. The van der Waals surface area contributed by atoms with E-state index in [9.17, 15) is 14.5 Å². The van der Waals surface area contributed by atoms with Crippen molar-refractivity contribution >= 4 is 43.4 Å². The number of ether oxygens (including phenoxy) is 1.